The largest absolute Gasteiger partial charge is 0.488 e. The van der Waals surface area contributed by atoms with Crippen LogP contribution in [0.3, 0.4) is 0 Å². The van der Waals surface area contributed by atoms with Crippen molar-refractivity contribution >= 4 is 34.2 Å². The molecule has 1 saturated heterocycles. The molecule has 1 aliphatic heterocycles. The summed E-state index contributed by atoms with van der Waals surface area (Å²) in [5.41, 5.74) is -1.09. The van der Waals surface area contributed by atoms with E-state index < -0.39 is 17.4 Å². The smallest absolute Gasteiger partial charge is 0.329 e. The van der Waals surface area contributed by atoms with Gasteiger partial charge < -0.3 is 20.5 Å². The van der Waals surface area contributed by atoms with Crippen molar-refractivity contribution in [1.29, 1.82) is 0 Å². The molecule has 6 nitrogen and oxygen atoms in total. The lowest BCUT2D eigenvalue weighted by atomic mass is 9.83. The second-order valence-electron chi connectivity index (χ2n) is 9.94. The molecule has 34 heavy (non-hydrogen) atoms. The van der Waals surface area contributed by atoms with Crippen molar-refractivity contribution < 1.29 is 19.4 Å². The van der Waals surface area contributed by atoms with Gasteiger partial charge in [0.1, 0.15) is 17.4 Å². The molecule has 2 aromatic carbocycles. The lowest BCUT2D eigenvalue weighted by molar-refractivity contribution is -0.143. The summed E-state index contributed by atoms with van der Waals surface area (Å²) >= 11 is 6.60. The third-order valence-electron chi connectivity index (χ3n) is 7.72. The zero-order chi connectivity index (χ0) is 24.3. The Morgan fingerprint density at radius 1 is 1.15 bits per heavy atom. The van der Waals surface area contributed by atoms with Crippen molar-refractivity contribution in [3.8, 4) is 5.75 Å². The van der Waals surface area contributed by atoms with Crippen LogP contribution in [0.4, 0.5) is 0 Å². The number of carbonyl (C=O) groups excluding carboxylic acids is 1. The number of carboxylic acid groups (broad SMARTS) is 1. The fraction of sp³-hybridized carbons (Fsp3) is 0.556. The molecule has 1 amide bonds. The minimum absolute atomic E-state index is 0.0118. The van der Waals surface area contributed by atoms with E-state index >= 15 is 0 Å². The summed E-state index contributed by atoms with van der Waals surface area (Å²) in [6.07, 6.45) is 7.03. The van der Waals surface area contributed by atoms with E-state index in [0.717, 1.165) is 49.5 Å². The van der Waals surface area contributed by atoms with Crippen LogP contribution in [0.2, 0.25) is 5.02 Å². The first-order chi connectivity index (χ1) is 16.3. The molecule has 2 aliphatic rings. The van der Waals surface area contributed by atoms with Gasteiger partial charge in [0.2, 0.25) is 0 Å². The van der Waals surface area contributed by atoms with E-state index in [1.807, 2.05) is 24.3 Å². The molecule has 2 atom stereocenters. The van der Waals surface area contributed by atoms with Crippen molar-refractivity contribution in [1.82, 2.24) is 10.6 Å². The highest BCUT2D eigenvalue weighted by atomic mass is 35.5. The molecule has 4 rings (SSSR count). The van der Waals surface area contributed by atoms with Gasteiger partial charge in [-0.05, 0) is 70.0 Å². The van der Waals surface area contributed by atoms with Crippen molar-refractivity contribution in [3.63, 3.8) is 0 Å². The highest BCUT2D eigenvalue weighted by molar-refractivity contribution is 6.36. The zero-order valence-electron chi connectivity index (χ0n) is 20.0. The third kappa shape index (κ3) is 5.03. The number of hydrogen-bond donors (Lipinski definition) is 3. The summed E-state index contributed by atoms with van der Waals surface area (Å²) in [7, 11) is 0. The molecule has 0 aromatic heterocycles. The molecule has 0 spiro atoms. The number of carboxylic acids is 1. The number of piperidine rings is 1. The number of rotatable bonds is 8. The maximum atomic E-state index is 13.5. The number of halogens is 1. The summed E-state index contributed by atoms with van der Waals surface area (Å²) < 4.78 is 6.87. The monoisotopic (exact) mass is 486 g/mol. The van der Waals surface area contributed by atoms with Gasteiger partial charge in [-0.25, -0.2) is 4.79 Å². The average molecular weight is 487 g/mol. The van der Waals surface area contributed by atoms with Crippen molar-refractivity contribution in [2.24, 2.45) is 11.8 Å². The highest BCUT2D eigenvalue weighted by Crippen LogP contribution is 2.41. The quantitative estimate of drug-likeness (QED) is 0.464. The van der Waals surface area contributed by atoms with Gasteiger partial charge in [0.05, 0.1) is 5.56 Å². The third-order valence-corrected chi connectivity index (χ3v) is 8.04. The molecule has 1 saturated carbocycles. The Morgan fingerprint density at radius 2 is 1.76 bits per heavy atom. The lowest BCUT2D eigenvalue weighted by Gasteiger charge is -2.36. The van der Waals surface area contributed by atoms with Crippen LogP contribution in [-0.2, 0) is 4.79 Å². The first-order valence-electron chi connectivity index (χ1n) is 12.5. The van der Waals surface area contributed by atoms with Crippen LogP contribution in [0.25, 0.3) is 10.8 Å². The Morgan fingerprint density at radius 3 is 2.38 bits per heavy atom. The van der Waals surface area contributed by atoms with Crippen LogP contribution in [0.1, 0.15) is 69.2 Å². The summed E-state index contributed by atoms with van der Waals surface area (Å²) in [5, 5.41) is 17.9. The summed E-state index contributed by atoms with van der Waals surface area (Å²) in [4.78, 5) is 25.4. The fourth-order valence-corrected chi connectivity index (χ4v) is 5.66. The van der Waals surface area contributed by atoms with Gasteiger partial charge in [-0.2, -0.15) is 0 Å². The number of aliphatic carboxylic acids is 1. The van der Waals surface area contributed by atoms with Gasteiger partial charge in [-0.3, -0.25) is 4.79 Å². The average Bonchev–Trinajstić information content (AvgIpc) is 3.38. The molecule has 2 fully saturated rings. The minimum Gasteiger partial charge on any atom is -0.488 e. The van der Waals surface area contributed by atoms with Crippen LogP contribution in [0.15, 0.2) is 30.3 Å². The van der Waals surface area contributed by atoms with E-state index in [9.17, 15) is 14.7 Å². The number of fused-ring (bicyclic) bond motifs is 1. The number of nitrogens with one attached hydrogen (secondary N) is 2. The number of benzene rings is 2. The Kier molecular flexibility index (Phi) is 7.68. The fourth-order valence-electron chi connectivity index (χ4n) is 5.38. The molecule has 2 unspecified atom stereocenters. The van der Waals surface area contributed by atoms with E-state index in [4.69, 9.17) is 16.3 Å². The first-order valence-corrected chi connectivity index (χ1v) is 12.9. The molecule has 1 heterocycles. The van der Waals surface area contributed by atoms with Crippen molar-refractivity contribution in [3.05, 3.63) is 40.9 Å². The standard InChI is InChI=1S/C27H35ClN2O4/c1-3-27(2,26(32)33)30-25(31)21-16-22(28)19-10-6-7-11-20(19)24(21)34-23(17-8-4-5-9-17)18-12-14-29-15-13-18/h6-7,10-11,16-18,23,29H,3-5,8-9,12-15H2,1-2H3,(H,30,31)(H,32,33). The van der Waals surface area contributed by atoms with Crippen LogP contribution in [0.5, 0.6) is 5.75 Å². The van der Waals surface area contributed by atoms with Gasteiger partial charge in [0.15, 0.2) is 0 Å². The normalized spacial score (nSPS) is 20.1. The topological polar surface area (TPSA) is 87.7 Å². The predicted molar refractivity (Wildman–Crippen MR) is 135 cm³/mol. The van der Waals surface area contributed by atoms with Crippen LogP contribution in [0, 0.1) is 11.8 Å². The summed E-state index contributed by atoms with van der Waals surface area (Å²) in [5.74, 6) is -0.180. The SMILES string of the molecule is CCC(C)(NC(=O)c1cc(Cl)c2ccccc2c1OC(C1CCCC1)C1CCNCC1)C(=O)O. The van der Waals surface area contributed by atoms with Gasteiger partial charge in [-0.15, -0.1) is 0 Å². The maximum absolute atomic E-state index is 13.5. The van der Waals surface area contributed by atoms with E-state index in [-0.39, 0.29) is 12.5 Å². The lowest BCUT2D eigenvalue weighted by Crippen LogP contribution is -2.51. The predicted octanol–water partition coefficient (Wildman–Crippen LogP) is 5.41. The van der Waals surface area contributed by atoms with E-state index in [1.165, 1.54) is 19.8 Å². The van der Waals surface area contributed by atoms with E-state index in [2.05, 4.69) is 10.6 Å². The molecular formula is C27H35ClN2O4. The second kappa shape index (κ2) is 10.5. The molecule has 0 bridgehead atoms. The van der Waals surface area contributed by atoms with E-state index in [1.54, 1.807) is 13.0 Å². The molecule has 184 valence electrons. The Balaban J connectivity index is 1.78. The number of carbonyl (C=O) groups is 2. The van der Waals surface area contributed by atoms with Gasteiger partial charge in [0.25, 0.3) is 5.91 Å². The van der Waals surface area contributed by atoms with E-state index in [0.29, 0.717) is 28.2 Å². The van der Waals surface area contributed by atoms with Crippen molar-refractivity contribution in [2.75, 3.05) is 13.1 Å². The second-order valence-corrected chi connectivity index (χ2v) is 10.3. The van der Waals surface area contributed by atoms with Gasteiger partial charge in [0, 0.05) is 15.8 Å². The Labute approximate surface area is 206 Å². The number of ether oxygens (including phenoxy) is 1. The van der Waals surface area contributed by atoms with Crippen LogP contribution < -0.4 is 15.4 Å². The highest BCUT2D eigenvalue weighted by Gasteiger charge is 2.37. The number of amides is 1. The van der Waals surface area contributed by atoms with Crippen LogP contribution >= 0.6 is 11.6 Å². The molecular weight excluding hydrogens is 452 g/mol. The summed E-state index contributed by atoms with van der Waals surface area (Å²) in [6, 6.07) is 9.31. The van der Waals surface area contributed by atoms with Crippen molar-refractivity contribution in [2.45, 2.75) is 70.4 Å². The van der Waals surface area contributed by atoms with Gasteiger partial charge >= 0.3 is 5.97 Å². The molecule has 0 radical (unpaired) electrons. The minimum atomic E-state index is -1.38. The number of hydrogen-bond acceptors (Lipinski definition) is 4. The molecule has 3 N–H and O–H groups in total. The van der Waals surface area contributed by atoms with Gasteiger partial charge in [-0.1, -0.05) is 55.6 Å². The first kappa shape index (κ1) is 24.8. The Bertz CT molecular complexity index is 1050. The van der Waals surface area contributed by atoms with Crippen LogP contribution in [-0.4, -0.2) is 41.7 Å². The molecule has 1 aliphatic carbocycles. The maximum Gasteiger partial charge on any atom is 0.329 e. The Hall–Kier alpha value is -2.31. The summed E-state index contributed by atoms with van der Waals surface area (Å²) in [6.45, 7) is 5.21. The molecule has 2 aromatic rings. The molecule has 7 heteroatoms. The zero-order valence-corrected chi connectivity index (χ0v) is 20.8.